The maximum absolute atomic E-state index is 11.7. The maximum atomic E-state index is 11.7. The number of hydrogen-bond acceptors (Lipinski definition) is 3. The first-order chi connectivity index (χ1) is 7.59. The molecule has 0 bridgehead atoms. The summed E-state index contributed by atoms with van der Waals surface area (Å²) in [7, 11) is 0. The standard InChI is InChI=1S/C12H15N3O/c1-7(2)10-12(16)15-11(14-10)9-6-13-5-4-8(9)3/h4-7,10H,1-3H3,(H,14,15,16). The molecule has 2 rings (SSSR count). The number of aliphatic imine (C=N–C) groups is 1. The van der Waals surface area contributed by atoms with Crippen molar-refractivity contribution in [2.45, 2.75) is 26.8 Å². The minimum absolute atomic E-state index is 0.0201. The van der Waals surface area contributed by atoms with Crippen LogP contribution in [0, 0.1) is 12.8 Å². The Labute approximate surface area is 94.8 Å². The second-order valence-electron chi connectivity index (χ2n) is 4.35. The lowest BCUT2D eigenvalue weighted by Crippen LogP contribution is -2.31. The second-order valence-corrected chi connectivity index (χ2v) is 4.35. The van der Waals surface area contributed by atoms with E-state index in [4.69, 9.17) is 0 Å². The van der Waals surface area contributed by atoms with Gasteiger partial charge in [0.15, 0.2) is 0 Å². The van der Waals surface area contributed by atoms with E-state index in [1.54, 1.807) is 12.4 Å². The Bertz CT molecular complexity index is 451. The van der Waals surface area contributed by atoms with Crippen LogP contribution in [-0.2, 0) is 4.79 Å². The number of carbonyl (C=O) groups is 1. The Morgan fingerprint density at radius 3 is 2.75 bits per heavy atom. The summed E-state index contributed by atoms with van der Waals surface area (Å²) in [5.41, 5.74) is 1.97. The SMILES string of the molecule is Cc1ccncc1C1=NC(C(C)C)C(=O)N1. The number of rotatable bonds is 2. The number of nitrogens with zero attached hydrogens (tertiary/aromatic N) is 2. The first-order valence-electron chi connectivity index (χ1n) is 5.39. The molecule has 0 saturated heterocycles. The average molecular weight is 217 g/mol. The maximum Gasteiger partial charge on any atom is 0.250 e. The van der Waals surface area contributed by atoms with E-state index in [2.05, 4.69) is 15.3 Å². The van der Waals surface area contributed by atoms with Gasteiger partial charge in [0, 0.05) is 18.0 Å². The van der Waals surface area contributed by atoms with Crippen LogP contribution in [0.4, 0.5) is 0 Å². The highest BCUT2D eigenvalue weighted by atomic mass is 16.2. The van der Waals surface area contributed by atoms with Crippen molar-refractivity contribution in [1.82, 2.24) is 10.3 Å². The van der Waals surface area contributed by atoms with Gasteiger partial charge in [0.25, 0.3) is 5.91 Å². The molecule has 2 heterocycles. The lowest BCUT2D eigenvalue weighted by atomic mass is 10.1. The zero-order chi connectivity index (χ0) is 11.7. The van der Waals surface area contributed by atoms with Crippen LogP contribution in [0.25, 0.3) is 0 Å². The molecule has 1 aliphatic heterocycles. The van der Waals surface area contributed by atoms with Gasteiger partial charge in [0.05, 0.1) is 0 Å². The van der Waals surface area contributed by atoms with Gasteiger partial charge in [0.1, 0.15) is 11.9 Å². The summed E-state index contributed by atoms with van der Waals surface area (Å²) in [5.74, 6) is 0.844. The summed E-state index contributed by atoms with van der Waals surface area (Å²) in [6, 6.07) is 1.64. The van der Waals surface area contributed by atoms with Gasteiger partial charge in [-0.1, -0.05) is 13.8 Å². The van der Waals surface area contributed by atoms with Crippen molar-refractivity contribution >= 4 is 11.7 Å². The van der Waals surface area contributed by atoms with Crippen LogP contribution in [0.15, 0.2) is 23.5 Å². The van der Waals surface area contributed by atoms with E-state index in [0.717, 1.165) is 11.1 Å². The first kappa shape index (κ1) is 10.8. The molecule has 0 radical (unpaired) electrons. The predicted octanol–water partition coefficient (Wildman–Crippen LogP) is 1.29. The molecule has 84 valence electrons. The summed E-state index contributed by atoms with van der Waals surface area (Å²) in [4.78, 5) is 20.1. The first-order valence-corrected chi connectivity index (χ1v) is 5.39. The number of nitrogens with one attached hydrogen (secondary N) is 1. The van der Waals surface area contributed by atoms with Crippen molar-refractivity contribution in [2.24, 2.45) is 10.9 Å². The van der Waals surface area contributed by atoms with Crippen molar-refractivity contribution in [3.63, 3.8) is 0 Å². The zero-order valence-electron chi connectivity index (χ0n) is 9.69. The third-order valence-electron chi connectivity index (χ3n) is 2.70. The molecule has 1 atom stereocenters. The Morgan fingerprint density at radius 2 is 2.19 bits per heavy atom. The van der Waals surface area contributed by atoms with Gasteiger partial charge >= 0.3 is 0 Å². The van der Waals surface area contributed by atoms with Gasteiger partial charge in [-0.2, -0.15) is 0 Å². The second kappa shape index (κ2) is 4.04. The minimum atomic E-state index is -0.269. The fourth-order valence-electron chi connectivity index (χ4n) is 1.72. The molecule has 1 aromatic heterocycles. The monoisotopic (exact) mass is 217 g/mol. The number of amides is 1. The molecule has 0 fully saturated rings. The Morgan fingerprint density at radius 1 is 1.44 bits per heavy atom. The lowest BCUT2D eigenvalue weighted by molar-refractivity contribution is -0.120. The van der Waals surface area contributed by atoms with Crippen LogP contribution in [0.2, 0.25) is 0 Å². The number of aromatic nitrogens is 1. The summed E-state index contributed by atoms with van der Waals surface area (Å²) in [5, 5.41) is 2.81. The molecule has 1 unspecified atom stereocenters. The molecule has 0 aliphatic carbocycles. The number of aryl methyl sites for hydroxylation is 1. The summed E-state index contributed by atoms with van der Waals surface area (Å²) < 4.78 is 0. The molecule has 0 aromatic carbocycles. The Balaban J connectivity index is 2.34. The average Bonchev–Trinajstić information content (AvgIpc) is 2.61. The van der Waals surface area contributed by atoms with Crippen molar-refractivity contribution in [3.05, 3.63) is 29.6 Å². The van der Waals surface area contributed by atoms with Gasteiger partial charge in [-0.05, 0) is 24.5 Å². The van der Waals surface area contributed by atoms with E-state index in [1.165, 1.54) is 0 Å². The van der Waals surface area contributed by atoms with Crippen LogP contribution >= 0.6 is 0 Å². The van der Waals surface area contributed by atoms with Crippen LogP contribution in [0.5, 0.6) is 0 Å². The fourth-order valence-corrected chi connectivity index (χ4v) is 1.72. The summed E-state index contributed by atoms with van der Waals surface area (Å²) >= 11 is 0. The number of amidine groups is 1. The van der Waals surface area contributed by atoms with Gasteiger partial charge < -0.3 is 5.32 Å². The molecule has 4 nitrogen and oxygen atoms in total. The van der Waals surface area contributed by atoms with Gasteiger partial charge in [-0.15, -0.1) is 0 Å². The topological polar surface area (TPSA) is 54.4 Å². The van der Waals surface area contributed by atoms with E-state index in [-0.39, 0.29) is 17.9 Å². The van der Waals surface area contributed by atoms with Gasteiger partial charge in [0.2, 0.25) is 0 Å². The van der Waals surface area contributed by atoms with Crippen molar-refractivity contribution < 1.29 is 4.79 Å². The van der Waals surface area contributed by atoms with E-state index in [9.17, 15) is 4.79 Å². The molecule has 1 N–H and O–H groups in total. The van der Waals surface area contributed by atoms with Crippen LogP contribution in [0.3, 0.4) is 0 Å². The number of carbonyl (C=O) groups excluding carboxylic acids is 1. The largest absolute Gasteiger partial charge is 0.309 e. The van der Waals surface area contributed by atoms with E-state index in [1.807, 2.05) is 26.8 Å². The normalized spacial score (nSPS) is 19.9. The molecule has 0 spiro atoms. The molecule has 4 heteroatoms. The predicted molar refractivity (Wildman–Crippen MR) is 62.3 cm³/mol. The minimum Gasteiger partial charge on any atom is -0.309 e. The van der Waals surface area contributed by atoms with Crippen molar-refractivity contribution in [3.8, 4) is 0 Å². The summed E-state index contributed by atoms with van der Waals surface area (Å²) in [6.45, 7) is 5.97. The molecular weight excluding hydrogens is 202 g/mol. The van der Waals surface area contributed by atoms with Crippen molar-refractivity contribution in [2.75, 3.05) is 0 Å². The highest BCUT2D eigenvalue weighted by molar-refractivity contribution is 6.14. The lowest BCUT2D eigenvalue weighted by Gasteiger charge is -2.06. The van der Waals surface area contributed by atoms with E-state index < -0.39 is 0 Å². The third-order valence-corrected chi connectivity index (χ3v) is 2.70. The fraction of sp³-hybridized carbons (Fsp3) is 0.417. The molecule has 16 heavy (non-hydrogen) atoms. The van der Waals surface area contributed by atoms with Crippen molar-refractivity contribution in [1.29, 1.82) is 0 Å². The summed E-state index contributed by atoms with van der Waals surface area (Å²) in [6.07, 6.45) is 3.47. The Kier molecular flexibility index (Phi) is 2.73. The molecule has 1 aliphatic rings. The number of hydrogen-bond donors (Lipinski definition) is 1. The quantitative estimate of drug-likeness (QED) is 0.811. The highest BCUT2D eigenvalue weighted by Gasteiger charge is 2.29. The molecule has 1 amide bonds. The van der Waals surface area contributed by atoms with Crippen LogP contribution in [-0.4, -0.2) is 22.8 Å². The smallest absolute Gasteiger partial charge is 0.250 e. The molecule has 0 saturated carbocycles. The zero-order valence-corrected chi connectivity index (χ0v) is 9.69. The highest BCUT2D eigenvalue weighted by Crippen LogP contribution is 2.15. The van der Waals surface area contributed by atoms with Gasteiger partial charge in [-0.25, -0.2) is 0 Å². The van der Waals surface area contributed by atoms with Crippen LogP contribution in [0.1, 0.15) is 25.0 Å². The van der Waals surface area contributed by atoms with Crippen LogP contribution < -0.4 is 5.32 Å². The van der Waals surface area contributed by atoms with E-state index >= 15 is 0 Å². The third kappa shape index (κ3) is 1.83. The molecular formula is C12H15N3O. The number of pyridine rings is 1. The van der Waals surface area contributed by atoms with E-state index in [0.29, 0.717) is 5.84 Å². The Hall–Kier alpha value is -1.71. The van der Waals surface area contributed by atoms with Gasteiger partial charge in [-0.3, -0.25) is 14.8 Å². The molecule has 1 aromatic rings.